The van der Waals surface area contributed by atoms with E-state index in [1.54, 1.807) is 0 Å². The molecule has 11 heteroatoms. The summed E-state index contributed by atoms with van der Waals surface area (Å²) in [5.41, 5.74) is 11.2. The molecule has 0 aliphatic carbocycles. The SMILES string of the molecule is CCC1=C(C)C(Cc2[nH]c(Cc3[nH]c(CC4NC(=O)C(C)=C4CC)c(C)c3CCC(=O)O)c(CCC(=O)O)c2C)NC1=O.[NaH]. The number of hydrogen-bond acceptors (Lipinski definition) is 4. The van der Waals surface area contributed by atoms with Crippen molar-refractivity contribution in [3.05, 3.63) is 67.3 Å². The molecule has 4 heterocycles. The third-order valence-electron chi connectivity index (χ3n) is 9.35. The van der Waals surface area contributed by atoms with E-state index in [1.165, 1.54) is 0 Å². The number of hydrogen-bond donors (Lipinski definition) is 6. The molecule has 2 atom stereocenters. The Kier molecular flexibility index (Phi) is 11.9. The second-order valence-corrected chi connectivity index (χ2v) is 11.8. The summed E-state index contributed by atoms with van der Waals surface area (Å²) in [6.07, 6.45) is 3.70. The summed E-state index contributed by atoms with van der Waals surface area (Å²) < 4.78 is 0. The van der Waals surface area contributed by atoms with Crippen LogP contribution in [-0.2, 0) is 51.3 Å². The van der Waals surface area contributed by atoms with Crippen molar-refractivity contribution in [2.75, 3.05) is 0 Å². The molecule has 0 saturated heterocycles. The summed E-state index contributed by atoms with van der Waals surface area (Å²) in [5.74, 6) is -1.84. The van der Waals surface area contributed by atoms with Crippen LogP contribution in [0.25, 0.3) is 0 Å². The summed E-state index contributed by atoms with van der Waals surface area (Å²) in [5, 5.41) is 25.1. The third kappa shape index (κ3) is 7.41. The first-order valence-electron chi connectivity index (χ1n) is 15.2. The van der Waals surface area contributed by atoms with Gasteiger partial charge in [0, 0.05) is 66.0 Å². The van der Waals surface area contributed by atoms with Crippen molar-refractivity contribution in [2.24, 2.45) is 0 Å². The van der Waals surface area contributed by atoms with Gasteiger partial charge in [0.05, 0.1) is 12.1 Å². The predicted octanol–water partition coefficient (Wildman–Crippen LogP) is 3.47. The maximum atomic E-state index is 12.5. The van der Waals surface area contributed by atoms with Gasteiger partial charge in [-0.15, -0.1) is 0 Å². The van der Waals surface area contributed by atoms with Gasteiger partial charge < -0.3 is 30.8 Å². The number of nitrogens with one attached hydrogen (secondary N) is 4. The maximum absolute atomic E-state index is 12.5. The Morgan fingerprint density at radius 1 is 0.705 bits per heavy atom. The van der Waals surface area contributed by atoms with Crippen molar-refractivity contribution in [3.8, 4) is 0 Å². The third-order valence-corrected chi connectivity index (χ3v) is 9.35. The standard InChI is InChI=1S/C33H44N4O6.Na.H/c1-7-20-19(6)32(42)37-27(20)14-25-18(5)23(10-12-31(40)41)29(35-25)15-28-22(9-11-30(38)39)17(4)24(34-28)13-26-16(3)21(8-2)33(43)36-26;;/h26-27,34-35H,7-15H2,1-6H3,(H,36,43)(H,37,42)(H,38,39)(H,40,41);;. The summed E-state index contributed by atoms with van der Waals surface area (Å²) in [6.45, 7) is 11.8. The number of carbonyl (C=O) groups excluding carboxylic acids is 2. The second kappa shape index (κ2) is 14.8. The summed E-state index contributed by atoms with van der Waals surface area (Å²) in [7, 11) is 0. The van der Waals surface area contributed by atoms with Crippen LogP contribution >= 0.6 is 0 Å². The van der Waals surface area contributed by atoms with Crippen molar-refractivity contribution in [1.82, 2.24) is 20.6 Å². The van der Waals surface area contributed by atoms with E-state index in [1.807, 2.05) is 41.5 Å². The molecule has 0 fully saturated rings. The number of rotatable bonds is 14. The number of aromatic nitrogens is 2. The van der Waals surface area contributed by atoms with Gasteiger partial charge in [0.2, 0.25) is 11.8 Å². The zero-order valence-electron chi connectivity index (χ0n) is 26.0. The van der Waals surface area contributed by atoms with Crippen molar-refractivity contribution in [1.29, 1.82) is 0 Å². The minimum atomic E-state index is -0.878. The van der Waals surface area contributed by atoms with E-state index in [0.29, 0.717) is 38.5 Å². The molecular formula is C33H45N4NaO6. The number of amides is 2. The Labute approximate surface area is 280 Å². The van der Waals surface area contributed by atoms with Gasteiger partial charge >= 0.3 is 41.5 Å². The normalized spacial score (nSPS) is 18.1. The molecule has 234 valence electrons. The van der Waals surface area contributed by atoms with Crippen molar-refractivity contribution in [2.45, 2.75) is 111 Å². The first kappa shape index (κ1) is 35.4. The van der Waals surface area contributed by atoms with Crippen LogP contribution < -0.4 is 10.6 Å². The van der Waals surface area contributed by atoms with Crippen LogP contribution in [0, 0.1) is 13.8 Å². The Hall–Kier alpha value is -3.08. The quantitative estimate of drug-likeness (QED) is 0.178. The van der Waals surface area contributed by atoms with Crippen LogP contribution in [0.3, 0.4) is 0 Å². The zero-order chi connectivity index (χ0) is 31.6. The number of carbonyl (C=O) groups is 4. The second-order valence-electron chi connectivity index (χ2n) is 11.8. The number of H-pyrrole nitrogens is 2. The van der Waals surface area contributed by atoms with Gasteiger partial charge in [-0.25, -0.2) is 0 Å². The van der Waals surface area contributed by atoms with E-state index in [-0.39, 0.29) is 66.3 Å². The van der Waals surface area contributed by atoms with E-state index >= 15 is 0 Å². The molecule has 4 rings (SSSR count). The van der Waals surface area contributed by atoms with Gasteiger partial charge in [-0.3, -0.25) is 19.2 Å². The fourth-order valence-corrected chi connectivity index (χ4v) is 6.79. The van der Waals surface area contributed by atoms with Gasteiger partial charge in [0.15, 0.2) is 0 Å². The van der Waals surface area contributed by atoms with Gasteiger partial charge in [0.25, 0.3) is 0 Å². The summed E-state index contributed by atoms with van der Waals surface area (Å²) in [6, 6.07) is -0.247. The average Bonchev–Trinajstić information content (AvgIpc) is 3.59. The fraction of sp³-hybridized carbons (Fsp3) is 0.515. The first-order chi connectivity index (χ1) is 20.4. The van der Waals surface area contributed by atoms with Crippen molar-refractivity contribution >= 4 is 53.3 Å². The molecular weight excluding hydrogens is 571 g/mol. The van der Waals surface area contributed by atoms with E-state index in [4.69, 9.17) is 0 Å². The Morgan fingerprint density at radius 2 is 1.18 bits per heavy atom. The zero-order valence-corrected chi connectivity index (χ0v) is 26.0. The molecule has 0 bridgehead atoms. The number of carboxylic acid groups (broad SMARTS) is 2. The number of carboxylic acids is 2. The van der Waals surface area contributed by atoms with E-state index in [2.05, 4.69) is 20.6 Å². The molecule has 2 aliphatic heterocycles. The molecule has 44 heavy (non-hydrogen) atoms. The van der Waals surface area contributed by atoms with Crippen LogP contribution in [0.1, 0.15) is 98.4 Å². The molecule has 0 spiro atoms. The monoisotopic (exact) mass is 616 g/mol. The van der Waals surface area contributed by atoms with Gasteiger partial charge in [-0.05, 0) is 86.8 Å². The molecule has 2 amide bonds. The molecule has 10 nitrogen and oxygen atoms in total. The number of aliphatic carboxylic acids is 2. The van der Waals surface area contributed by atoms with Crippen LogP contribution in [0.2, 0.25) is 0 Å². The van der Waals surface area contributed by atoms with E-state index in [9.17, 15) is 29.4 Å². The molecule has 2 aromatic rings. The van der Waals surface area contributed by atoms with Crippen molar-refractivity contribution < 1.29 is 29.4 Å². The molecule has 0 radical (unpaired) electrons. The Morgan fingerprint density at radius 3 is 1.61 bits per heavy atom. The first-order valence-corrected chi connectivity index (χ1v) is 15.2. The predicted molar refractivity (Wildman–Crippen MR) is 170 cm³/mol. The molecule has 0 saturated carbocycles. The van der Waals surface area contributed by atoms with Gasteiger partial charge in [-0.1, -0.05) is 13.8 Å². The molecule has 6 N–H and O–H groups in total. The van der Waals surface area contributed by atoms with Crippen LogP contribution in [-0.4, -0.2) is 85.6 Å². The molecule has 2 aromatic heterocycles. The Balaban J connectivity index is 0.00000529. The minimum absolute atomic E-state index is 0. The fourth-order valence-electron chi connectivity index (χ4n) is 6.79. The summed E-state index contributed by atoms with van der Waals surface area (Å²) >= 11 is 0. The van der Waals surface area contributed by atoms with E-state index in [0.717, 1.165) is 73.7 Å². The van der Waals surface area contributed by atoms with E-state index < -0.39 is 11.9 Å². The van der Waals surface area contributed by atoms with Crippen molar-refractivity contribution in [3.63, 3.8) is 0 Å². The van der Waals surface area contributed by atoms with Crippen LogP contribution in [0.15, 0.2) is 22.3 Å². The Bertz CT molecular complexity index is 1530. The van der Waals surface area contributed by atoms with Crippen LogP contribution in [0.5, 0.6) is 0 Å². The average molecular weight is 617 g/mol. The molecule has 0 aromatic carbocycles. The molecule has 2 aliphatic rings. The van der Waals surface area contributed by atoms with Gasteiger partial charge in [0.1, 0.15) is 0 Å². The topological polar surface area (TPSA) is 164 Å². The van der Waals surface area contributed by atoms with Gasteiger partial charge in [-0.2, -0.15) is 0 Å². The molecule has 2 unspecified atom stereocenters. The number of aromatic amines is 2. The van der Waals surface area contributed by atoms with Crippen LogP contribution in [0.4, 0.5) is 0 Å². The summed E-state index contributed by atoms with van der Waals surface area (Å²) in [4.78, 5) is 55.1.